The van der Waals surface area contributed by atoms with Gasteiger partial charge in [0.1, 0.15) is 5.69 Å². The molecule has 1 aromatic heterocycles. The zero-order chi connectivity index (χ0) is 14.8. The van der Waals surface area contributed by atoms with E-state index in [0.717, 1.165) is 22.9 Å². The Morgan fingerprint density at radius 3 is 2.57 bits per heavy atom. The van der Waals surface area contributed by atoms with Gasteiger partial charge in [0.15, 0.2) is 11.6 Å². The van der Waals surface area contributed by atoms with E-state index in [2.05, 4.69) is 10.3 Å². The highest BCUT2D eigenvalue weighted by Crippen LogP contribution is 2.29. The molecule has 2 aromatic carbocycles. The topological polar surface area (TPSA) is 48.7 Å². The summed E-state index contributed by atoms with van der Waals surface area (Å²) in [6.07, 6.45) is 3.27. The molecule has 0 saturated carbocycles. The van der Waals surface area contributed by atoms with Crippen molar-refractivity contribution in [1.82, 2.24) is 4.98 Å². The van der Waals surface area contributed by atoms with Crippen molar-refractivity contribution < 1.29 is 8.78 Å². The first-order valence-electron chi connectivity index (χ1n) is 6.18. The van der Waals surface area contributed by atoms with Crippen LogP contribution in [0.25, 0.3) is 10.8 Å². The van der Waals surface area contributed by atoms with Gasteiger partial charge in [-0.2, -0.15) is 5.26 Å². The Morgan fingerprint density at radius 2 is 1.86 bits per heavy atom. The number of nitrogens with zero attached hydrogens (tertiary/aromatic N) is 2. The van der Waals surface area contributed by atoms with Crippen molar-refractivity contribution in [1.29, 1.82) is 5.26 Å². The Morgan fingerprint density at radius 1 is 1.10 bits per heavy atom. The number of fused-ring (bicyclic) bond motifs is 1. The van der Waals surface area contributed by atoms with Crippen LogP contribution in [0.3, 0.4) is 0 Å². The molecule has 21 heavy (non-hydrogen) atoms. The highest BCUT2D eigenvalue weighted by Gasteiger charge is 2.12. The lowest BCUT2D eigenvalue weighted by Crippen LogP contribution is -1.99. The standard InChI is InChI=1S/C16H9F2N3/c17-13-6-10(8-19)7-14(18)16(13)21-15-3-1-2-11-4-5-20-9-12(11)15/h1-7,9,21H. The second-order valence-electron chi connectivity index (χ2n) is 4.45. The summed E-state index contributed by atoms with van der Waals surface area (Å²) in [5.74, 6) is -1.63. The lowest BCUT2D eigenvalue weighted by molar-refractivity contribution is 0.590. The monoisotopic (exact) mass is 281 g/mol. The third-order valence-corrected chi connectivity index (χ3v) is 3.11. The Labute approximate surface area is 119 Å². The van der Waals surface area contributed by atoms with E-state index in [4.69, 9.17) is 5.26 Å². The van der Waals surface area contributed by atoms with Crippen molar-refractivity contribution in [3.05, 3.63) is 66.0 Å². The molecule has 102 valence electrons. The van der Waals surface area contributed by atoms with Crippen molar-refractivity contribution in [3.63, 3.8) is 0 Å². The van der Waals surface area contributed by atoms with Gasteiger partial charge in [0.05, 0.1) is 11.6 Å². The normalized spacial score (nSPS) is 10.3. The fraction of sp³-hybridized carbons (Fsp3) is 0. The number of benzene rings is 2. The molecule has 0 aliphatic carbocycles. The Bertz CT molecular complexity index is 841. The number of aromatic nitrogens is 1. The molecule has 1 N–H and O–H groups in total. The van der Waals surface area contributed by atoms with E-state index in [0.29, 0.717) is 5.69 Å². The zero-order valence-corrected chi connectivity index (χ0v) is 10.8. The van der Waals surface area contributed by atoms with E-state index < -0.39 is 11.6 Å². The number of halogens is 2. The van der Waals surface area contributed by atoms with Crippen LogP contribution in [0.4, 0.5) is 20.2 Å². The van der Waals surface area contributed by atoms with Crippen LogP contribution in [-0.4, -0.2) is 4.98 Å². The van der Waals surface area contributed by atoms with Crippen molar-refractivity contribution in [2.45, 2.75) is 0 Å². The van der Waals surface area contributed by atoms with E-state index in [1.807, 2.05) is 12.1 Å². The van der Waals surface area contributed by atoms with Crippen LogP contribution in [0.5, 0.6) is 0 Å². The maximum Gasteiger partial charge on any atom is 0.150 e. The quantitative estimate of drug-likeness (QED) is 0.768. The van der Waals surface area contributed by atoms with Gasteiger partial charge in [-0.3, -0.25) is 4.98 Å². The van der Waals surface area contributed by atoms with Crippen LogP contribution in [0.2, 0.25) is 0 Å². The number of rotatable bonds is 2. The maximum atomic E-state index is 13.9. The molecule has 3 aromatic rings. The average Bonchev–Trinajstić information content (AvgIpc) is 2.50. The molecule has 0 fully saturated rings. The molecular weight excluding hydrogens is 272 g/mol. The molecule has 0 saturated heterocycles. The molecule has 0 aliphatic heterocycles. The minimum atomic E-state index is -0.813. The predicted molar refractivity (Wildman–Crippen MR) is 76.1 cm³/mol. The van der Waals surface area contributed by atoms with Gasteiger partial charge in [-0.15, -0.1) is 0 Å². The summed E-state index contributed by atoms with van der Waals surface area (Å²) in [5.41, 5.74) is 0.198. The molecule has 0 bridgehead atoms. The minimum Gasteiger partial charge on any atom is -0.350 e. The highest BCUT2D eigenvalue weighted by molar-refractivity contribution is 5.94. The van der Waals surface area contributed by atoms with Gasteiger partial charge in [-0.05, 0) is 29.7 Å². The lowest BCUT2D eigenvalue weighted by atomic mass is 10.1. The largest absolute Gasteiger partial charge is 0.350 e. The first-order chi connectivity index (χ1) is 10.2. The van der Waals surface area contributed by atoms with E-state index in [1.54, 1.807) is 30.6 Å². The van der Waals surface area contributed by atoms with Gasteiger partial charge in [0.2, 0.25) is 0 Å². The molecule has 1 heterocycles. The molecular formula is C16H9F2N3. The van der Waals surface area contributed by atoms with Gasteiger partial charge in [-0.1, -0.05) is 12.1 Å². The molecule has 3 nitrogen and oxygen atoms in total. The second kappa shape index (κ2) is 5.17. The number of hydrogen-bond acceptors (Lipinski definition) is 3. The van der Waals surface area contributed by atoms with Crippen LogP contribution in [0.15, 0.2) is 48.8 Å². The van der Waals surface area contributed by atoms with Crippen molar-refractivity contribution in [3.8, 4) is 6.07 Å². The van der Waals surface area contributed by atoms with Gasteiger partial charge >= 0.3 is 0 Å². The first kappa shape index (κ1) is 13.0. The third kappa shape index (κ3) is 2.39. The Hall–Kier alpha value is -3.00. The minimum absolute atomic E-state index is 0.0601. The van der Waals surface area contributed by atoms with Crippen LogP contribution >= 0.6 is 0 Å². The number of pyridine rings is 1. The molecule has 0 atom stereocenters. The number of hydrogen-bond donors (Lipinski definition) is 1. The van der Waals surface area contributed by atoms with Gasteiger partial charge in [0.25, 0.3) is 0 Å². The van der Waals surface area contributed by atoms with Crippen molar-refractivity contribution in [2.75, 3.05) is 5.32 Å². The summed E-state index contributed by atoms with van der Waals surface area (Å²) in [5, 5.41) is 13.1. The smallest absolute Gasteiger partial charge is 0.150 e. The van der Waals surface area contributed by atoms with Gasteiger partial charge < -0.3 is 5.32 Å². The SMILES string of the molecule is N#Cc1cc(F)c(Nc2cccc3ccncc23)c(F)c1. The lowest BCUT2D eigenvalue weighted by Gasteiger charge is -2.11. The number of nitrogens with one attached hydrogen (secondary N) is 1. The van der Waals surface area contributed by atoms with Gasteiger partial charge in [0, 0.05) is 23.5 Å². The van der Waals surface area contributed by atoms with Crippen molar-refractivity contribution in [2.24, 2.45) is 0 Å². The molecule has 0 unspecified atom stereocenters. The molecule has 0 radical (unpaired) electrons. The third-order valence-electron chi connectivity index (χ3n) is 3.11. The Balaban J connectivity index is 2.10. The molecule has 0 aliphatic rings. The van der Waals surface area contributed by atoms with Crippen molar-refractivity contribution >= 4 is 22.1 Å². The number of anilines is 2. The summed E-state index contributed by atoms with van der Waals surface area (Å²) in [6.45, 7) is 0. The fourth-order valence-corrected chi connectivity index (χ4v) is 2.11. The number of nitriles is 1. The van der Waals surface area contributed by atoms with Gasteiger partial charge in [-0.25, -0.2) is 8.78 Å². The van der Waals surface area contributed by atoms with E-state index in [1.165, 1.54) is 0 Å². The van der Waals surface area contributed by atoms with Crippen LogP contribution < -0.4 is 5.32 Å². The summed E-state index contributed by atoms with van der Waals surface area (Å²) in [4.78, 5) is 4.02. The van der Waals surface area contributed by atoms with E-state index in [-0.39, 0.29) is 11.3 Å². The summed E-state index contributed by atoms with van der Waals surface area (Å²) < 4.78 is 27.8. The summed E-state index contributed by atoms with van der Waals surface area (Å²) in [7, 11) is 0. The van der Waals surface area contributed by atoms with E-state index >= 15 is 0 Å². The predicted octanol–water partition coefficient (Wildman–Crippen LogP) is 4.13. The maximum absolute atomic E-state index is 13.9. The summed E-state index contributed by atoms with van der Waals surface area (Å²) >= 11 is 0. The molecule has 0 spiro atoms. The van der Waals surface area contributed by atoms with Crippen LogP contribution in [0, 0.1) is 23.0 Å². The average molecular weight is 281 g/mol. The molecule has 5 heteroatoms. The molecule has 3 rings (SSSR count). The Kier molecular flexibility index (Phi) is 3.20. The first-order valence-corrected chi connectivity index (χ1v) is 6.18. The highest BCUT2D eigenvalue weighted by atomic mass is 19.1. The van der Waals surface area contributed by atoms with Crippen LogP contribution in [0.1, 0.15) is 5.56 Å². The zero-order valence-electron chi connectivity index (χ0n) is 10.8. The fourth-order valence-electron chi connectivity index (χ4n) is 2.11. The molecule has 0 amide bonds. The van der Waals surface area contributed by atoms with E-state index in [9.17, 15) is 8.78 Å². The van der Waals surface area contributed by atoms with Crippen LogP contribution in [-0.2, 0) is 0 Å². The second-order valence-corrected chi connectivity index (χ2v) is 4.45. The summed E-state index contributed by atoms with van der Waals surface area (Å²) in [6, 6.07) is 10.9.